The number of nitrogens with one attached hydrogen (secondary N) is 1. The van der Waals surface area contributed by atoms with Gasteiger partial charge in [-0.2, -0.15) is 0 Å². The molecule has 3 heterocycles. The number of rotatable bonds is 5. The molecule has 0 atom stereocenters. The van der Waals surface area contributed by atoms with Crippen LogP contribution in [-0.2, 0) is 4.74 Å². The average Bonchev–Trinajstić information content (AvgIpc) is 2.63. The third-order valence-corrected chi connectivity index (χ3v) is 4.36. The Bertz CT molecular complexity index is 496. The lowest BCUT2D eigenvalue weighted by Crippen LogP contribution is -2.39. The summed E-state index contributed by atoms with van der Waals surface area (Å²) in [7, 11) is 0. The van der Waals surface area contributed by atoms with Crippen LogP contribution < -0.4 is 5.32 Å². The van der Waals surface area contributed by atoms with E-state index in [0.29, 0.717) is 11.5 Å². The SMILES string of the molecule is O=C(c1cnc(NCCN2CCOCC2)nc1)N1CCCCC1. The van der Waals surface area contributed by atoms with Crippen LogP contribution in [0.2, 0.25) is 0 Å². The van der Waals surface area contributed by atoms with Crippen LogP contribution in [0.4, 0.5) is 5.95 Å². The number of likely N-dealkylation sites (tertiary alicyclic amines) is 1. The summed E-state index contributed by atoms with van der Waals surface area (Å²) in [5.41, 5.74) is 0.575. The maximum atomic E-state index is 12.3. The molecule has 0 unspecified atom stereocenters. The van der Waals surface area contributed by atoms with E-state index in [2.05, 4.69) is 20.2 Å². The zero-order valence-corrected chi connectivity index (χ0v) is 13.5. The van der Waals surface area contributed by atoms with Crippen LogP contribution in [-0.4, -0.2) is 78.2 Å². The first-order chi connectivity index (χ1) is 11.3. The third-order valence-electron chi connectivity index (χ3n) is 4.36. The summed E-state index contributed by atoms with van der Waals surface area (Å²) in [6.07, 6.45) is 6.65. The average molecular weight is 319 g/mol. The number of carbonyl (C=O) groups excluding carboxylic acids is 1. The summed E-state index contributed by atoms with van der Waals surface area (Å²) in [5, 5.41) is 3.21. The van der Waals surface area contributed by atoms with Gasteiger partial charge in [0.15, 0.2) is 0 Å². The van der Waals surface area contributed by atoms with E-state index in [1.165, 1.54) is 6.42 Å². The van der Waals surface area contributed by atoms with Crippen LogP contribution >= 0.6 is 0 Å². The second kappa shape index (κ2) is 8.21. The molecule has 2 aliphatic heterocycles. The molecule has 0 bridgehead atoms. The number of hydrogen-bond donors (Lipinski definition) is 1. The monoisotopic (exact) mass is 319 g/mol. The fraction of sp³-hybridized carbons (Fsp3) is 0.688. The van der Waals surface area contributed by atoms with Gasteiger partial charge in [-0.3, -0.25) is 9.69 Å². The Morgan fingerprint density at radius 3 is 2.48 bits per heavy atom. The number of morpholine rings is 1. The lowest BCUT2D eigenvalue weighted by atomic mass is 10.1. The predicted molar refractivity (Wildman–Crippen MR) is 87.5 cm³/mol. The van der Waals surface area contributed by atoms with Gasteiger partial charge in [0.1, 0.15) is 0 Å². The number of ether oxygens (including phenoxy) is 1. The first-order valence-corrected chi connectivity index (χ1v) is 8.48. The summed E-state index contributed by atoms with van der Waals surface area (Å²) in [5.74, 6) is 0.623. The van der Waals surface area contributed by atoms with Gasteiger partial charge in [0.05, 0.1) is 18.8 Å². The number of piperidine rings is 1. The first kappa shape index (κ1) is 16.1. The van der Waals surface area contributed by atoms with Crippen molar-refractivity contribution in [2.45, 2.75) is 19.3 Å². The molecule has 3 rings (SSSR count). The highest BCUT2D eigenvalue weighted by Crippen LogP contribution is 2.12. The van der Waals surface area contributed by atoms with Crippen LogP contribution in [0.15, 0.2) is 12.4 Å². The summed E-state index contributed by atoms with van der Waals surface area (Å²) in [6.45, 7) is 7.00. The Kier molecular flexibility index (Phi) is 5.76. The van der Waals surface area contributed by atoms with Crippen molar-refractivity contribution in [1.82, 2.24) is 19.8 Å². The highest BCUT2D eigenvalue weighted by atomic mass is 16.5. The van der Waals surface area contributed by atoms with Crippen molar-refractivity contribution in [1.29, 1.82) is 0 Å². The number of amides is 1. The minimum Gasteiger partial charge on any atom is -0.379 e. The summed E-state index contributed by atoms with van der Waals surface area (Å²) in [4.78, 5) is 25.1. The standard InChI is InChI=1S/C16H25N5O2/c22-15(21-5-2-1-3-6-21)14-12-18-16(19-13-14)17-4-7-20-8-10-23-11-9-20/h12-13H,1-11H2,(H,17,18,19). The zero-order valence-electron chi connectivity index (χ0n) is 13.5. The van der Waals surface area contributed by atoms with Crippen LogP contribution in [0.1, 0.15) is 29.6 Å². The van der Waals surface area contributed by atoms with Crippen LogP contribution in [0.25, 0.3) is 0 Å². The third kappa shape index (κ3) is 4.62. The van der Waals surface area contributed by atoms with Gasteiger partial charge in [-0.15, -0.1) is 0 Å². The molecule has 0 spiro atoms. The minimum atomic E-state index is 0.0459. The van der Waals surface area contributed by atoms with E-state index in [0.717, 1.165) is 65.3 Å². The molecule has 7 nitrogen and oxygen atoms in total. The van der Waals surface area contributed by atoms with Crippen LogP contribution in [0.5, 0.6) is 0 Å². The molecule has 0 saturated carbocycles. The molecule has 0 radical (unpaired) electrons. The number of hydrogen-bond acceptors (Lipinski definition) is 6. The fourth-order valence-electron chi connectivity index (χ4n) is 2.96. The Morgan fingerprint density at radius 1 is 1.09 bits per heavy atom. The topological polar surface area (TPSA) is 70.6 Å². The van der Waals surface area contributed by atoms with Crippen molar-refractivity contribution in [2.24, 2.45) is 0 Å². The molecular formula is C16H25N5O2. The Morgan fingerprint density at radius 2 is 1.78 bits per heavy atom. The normalized spacial score (nSPS) is 19.6. The molecule has 0 aliphatic carbocycles. The van der Waals surface area contributed by atoms with Gasteiger partial charge in [0.2, 0.25) is 5.95 Å². The molecule has 23 heavy (non-hydrogen) atoms. The predicted octanol–water partition coefficient (Wildman–Crippen LogP) is 0.847. The lowest BCUT2D eigenvalue weighted by Gasteiger charge is -2.26. The molecule has 2 aliphatic rings. The lowest BCUT2D eigenvalue weighted by molar-refractivity contribution is 0.0398. The first-order valence-electron chi connectivity index (χ1n) is 8.48. The second-order valence-corrected chi connectivity index (χ2v) is 6.03. The van der Waals surface area contributed by atoms with Crippen molar-refractivity contribution in [3.63, 3.8) is 0 Å². The number of anilines is 1. The van der Waals surface area contributed by atoms with Gasteiger partial charge >= 0.3 is 0 Å². The van der Waals surface area contributed by atoms with Gasteiger partial charge in [-0.1, -0.05) is 0 Å². The van der Waals surface area contributed by atoms with E-state index in [1.54, 1.807) is 12.4 Å². The summed E-state index contributed by atoms with van der Waals surface area (Å²) < 4.78 is 5.33. The van der Waals surface area contributed by atoms with Gasteiger partial charge in [-0.25, -0.2) is 9.97 Å². The van der Waals surface area contributed by atoms with Crippen LogP contribution in [0.3, 0.4) is 0 Å². The van der Waals surface area contributed by atoms with E-state index in [4.69, 9.17) is 4.74 Å². The Labute approximate surface area is 137 Å². The van der Waals surface area contributed by atoms with Gasteiger partial charge in [0, 0.05) is 51.7 Å². The number of nitrogens with zero attached hydrogens (tertiary/aromatic N) is 4. The zero-order chi connectivity index (χ0) is 15.9. The molecule has 0 aromatic carbocycles. The summed E-state index contributed by atoms with van der Waals surface area (Å²) in [6, 6.07) is 0. The van der Waals surface area contributed by atoms with E-state index in [1.807, 2.05) is 4.90 Å². The van der Waals surface area contributed by atoms with Gasteiger partial charge < -0.3 is 15.0 Å². The maximum absolute atomic E-state index is 12.3. The Balaban J connectivity index is 1.45. The van der Waals surface area contributed by atoms with Crippen LogP contribution in [0, 0.1) is 0 Å². The minimum absolute atomic E-state index is 0.0459. The van der Waals surface area contributed by atoms with Crippen molar-refractivity contribution in [3.8, 4) is 0 Å². The fourth-order valence-corrected chi connectivity index (χ4v) is 2.96. The Hall–Kier alpha value is -1.73. The smallest absolute Gasteiger partial charge is 0.256 e. The molecular weight excluding hydrogens is 294 g/mol. The van der Waals surface area contributed by atoms with Crippen molar-refractivity contribution >= 4 is 11.9 Å². The van der Waals surface area contributed by atoms with Gasteiger partial charge in [-0.05, 0) is 19.3 Å². The second-order valence-electron chi connectivity index (χ2n) is 6.03. The molecule has 1 amide bonds. The van der Waals surface area contributed by atoms with Crippen molar-refractivity contribution < 1.29 is 9.53 Å². The number of carbonyl (C=O) groups is 1. The highest BCUT2D eigenvalue weighted by molar-refractivity contribution is 5.93. The number of aromatic nitrogens is 2. The molecule has 1 aromatic rings. The van der Waals surface area contributed by atoms with Crippen molar-refractivity contribution in [3.05, 3.63) is 18.0 Å². The molecule has 7 heteroatoms. The van der Waals surface area contributed by atoms with E-state index >= 15 is 0 Å². The molecule has 1 aromatic heterocycles. The highest BCUT2D eigenvalue weighted by Gasteiger charge is 2.18. The molecule has 1 N–H and O–H groups in total. The maximum Gasteiger partial charge on any atom is 0.256 e. The van der Waals surface area contributed by atoms with Gasteiger partial charge in [0.25, 0.3) is 5.91 Å². The molecule has 126 valence electrons. The molecule has 2 fully saturated rings. The quantitative estimate of drug-likeness (QED) is 0.867. The van der Waals surface area contributed by atoms with E-state index in [-0.39, 0.29) is 5.91 Å². The van der Waals surface area contributed by atoms with E-state index < -0.39 is 0 Å². The largest absolute Gasteiger partial charge is 0.379 e. The van der Waals surface area contributed by atoms with Crippen molar-refractivity contribution in [2.75, 3.05) is 57.8 Å². The molecule has 2 saturated heterocycles. The summed E-state index contributed by atoms with van der Waals surface area (Å²) >= 11 is 0. The van der Waals surface area contributed by atoms with E-state index in [9.17, 15) is 4.79 Å².